The molecule has 0 bridgehead atoms. The summed E-state index contributed by atoms with van der Waals surface area (Å²) in [6.45, 7) is 2.11. The number of carbonyl (C=O) groups is 1. The van der Waals surface area contributed by atoms with Gasteiger partial charge in [-0.15, -0.1) is 0 Å². The number of rotatable bonds is 2. The summed E-state index contributed by atoms with van der Waals surface area (Å²) in [4.78, 5) is 18.5. The van der Waals surface area contributed by atoms with Crippen LogP contribution in [-0.2, 0) is 11.2 Å². The highest BCUT2D eigenvalue weighted by Crippen LogP contribution is 2.38. The second-order valence-electron chi connectivity index (χ2n) is 5.18. The highest BCUT2D eigenvalue weighted by molar-refractivity contribution is 5.97. The van der Waals surface area contributed by atoms with Crippen LogP contribution < -0.4 is 10.6 Å². The molecular weight excluding hydrogens is 266 g/mol. The van der Waals surface area contributed by atoms with Gasteiger partial charge in [-0.1, -0.05) is 18.2 Å². The zero-order valence-electron chi connectivity index (χ0n) is 12.0. The fourth-order valence-electron chi connectivity index (χ4n) is 2.81. The molecule has 2 N–H and O–H groups in total. The lowest BCUT2D eigenvalue weighted by molar-refractivity contribution is 0.0601. The maximum Gasteiger partial charge on any atom is 0.341 e. The van der Waals surface area contributed by atoms with Crippen LogP contribution in [0.3, 0.4) is 0 Å². The maximum atomic E-state index is 12.0. The first-order chi connectivity index (χ1) is 10.1. The molecule has 2 aromatic rings. The topological polar surface area (TPSA) is 68.5 Å². The Kier molecular flexibility index (Phi) is 3.25. The van der Waals surface area contributed by atoms with Crippen LogP contribution in [0.4, 0.5) is 17.2 Å². The Morgan fingerprint density at radius 3 is 2.95 bits per heavy atom. The van der Waals surface area contributed by atoms with Gasteiger partial charge in [0.1, 0.15) is 11.4 Å². The maximum absolute atomic E-state index is 12.0. The van der Waals surface area contributed by atoms with E-state index in [9.17, 15) is 4.79 Å². The molecule has 0 spiro atoms. The van der Waals surface area contributed by atoms with Gasteiger partial charge in [-0.3, -0.25) is 0 Å². The number of para-hydroxylation sites is 1. The number of nitrogens with zero attached hydrogens (tertiary/aromatic N) is 2. The molecule has 0 fully saturated rings. The number of benzene rings is 1. The van der Waals surface area contributed by atoms with Gasteiger partial charge in [-0.05, 0) is 31.0 Å². The summed E-state index contributed by atoms with van der Waals surface area (Å²) >= 11 is 0. The monoisotopic (exact) mass is 283 g/mol. The highest BCUT2D eigenvalue weighted by atomic mass is 16.5. The highest BCUT2D eigenvalue weighted by Gasteiger charge is 2.31. The molecule has 1 aromatic carbocycles. The largest absolute Gasteiger partial charge is 0.465 e. The minimum absolute atomic E-state index is 0.224. The average molecular weight is 283 g/mol. The summed E-state index contributed by atoms with van der Waals surface area (Å²) in [5, 5.41) is 0. The average Bonchev–Trinajstić information content (AvgIpc) is 2.82. The fourth-order valence-corrected chi connectivity index (χ4v) is 2.81. The van der Waals surface area contributed by atoms with E-state index in [4.69, 9.17) is 10.5 Å². The first kappa shape index (κ1) is 13.4. The molecular formula is C16H17N3O2. The van der Waals surface area contributed by atoms with Gasteiger partial charge < -0.3 is 15.4 Å². The Morgan fingerprint density at radius 1 is 1.43 bits per heavy atom. The van der Waals surface area contributed by atoms with Crippen LogP contribution in [-0.4, -0.2) is 24.1 Å². The molecule has 0 amide bonds. The van der Waals surface area contributed by atoms with E-state index in [-0.39, 0.29) is 6.04 Å². The van der Waals surface area contributed by atoms with Crippen molar-refractivity contribution in [3.63, 3.8) is 0 Å². The number of hydrogen-bond donors (Lipinski definition) is 1. The van der Waals surface area contributed by atoms with Gasteiger partial charge in [0.05, 0.1) is 19.0 Å². The number of nitrogens with two attached hydrogens (primary N) is 1. The summed E-state index contributed by atoms with van der Waals surface area (Å²) in [5.41, 5.74) is 8.92. The number of aromatic nitrogens is 1. The molecule has 0 radical (unpaired) electrons. The van der Waals surface area contributed by atoms with E-state index in [2.05, 4.69) is 22.9 Å². The molecule has 1 aliphatic rings. The Morgan fingerprint density at radius 2 is 2.19 bits per heavy atom. The third-order valence-electron chi connectivity index (χ3n) is 3.73. The molecule has 0 aliphatic carbocycles. The predicted octanol–water partition coefficient (Wildman–Crippen LogP) is 2.53. The lowest BCUT2D eigenvalue weighted by atomic mass is 10.1. The molecule has 21 heavy (non-hydrogen) atoms. The van der Waals surface area contributed by atoms with E-state index >= 15 is 0 Å². The quantitative estimate of drug-likeness (QED) is 0.858. The van der Waals surface area contributed by atoms with Crippen LogP contribution in [0.1, 0.15) is 22.8 Å². The van der Waals surface area contributed by atoms with Crippen molar-refractivity contribution in [3.8, 4) is 0 Å². The first-order valence-corrected chi connectivity index (χ1v) is 6.82. The molecule has 1 aliphatic heterocycles. The second-order valence-corrected chi connectivity index (χ2v) is 5.18. The molecule has 3 rings (SSSR count). The molecule has 5 heteroatoms. The van der Waals surface area contributed by atoms with Crippen LogP contribution in [0, 0.1) is 0 Å². The smallest absolute Gasteiger partial charge is 0.341 e. The van der Waals surface area contributed by atoms with Gasteiger partial charge >= 0.3 is 5.97 Å². The third-order valence-corrected chi connectivity index (χ3v) is 3.73. The van der Waals surface area contributed by atoms with Crippen LogP contribution in [0.2, 0.25) is 0 Å². The van der Waals surface area contributed by atoms with Gasteiger partial charge in [0, 0.05) is 11.7 Å². The number of nitrogen functional groups attached to an aromatic ring is 1. The molecule has 5 nitrogen and oxygen atoms in total. The van der Waals surface area contributed by atoms with Crippen molar-refractivity contribution in [2.24, 2.45) is 0 Å². The number of anilines is 3. The van der Waals surface area contributed by atoms with Crippen LogP contribution in [0.25, 0.3) is 0 Å². The van der Waals surface area contributed by atoms with Gasteiger partial charge in [0.15, 0.2) is 0 Å². The number of hydrogen-bond acceptors (Lipinski definition) is 5. The summed E-state index contributed by atoms with van der Waals surface area (Å²) in [6.07, 6.45) is 2.48. The summed E-state index contributed by atoms with van der Waals surface area (Å²) in [6, 6.07) is 9.98. The van der Waals surface area contributed by atoms with E-state index in [1.54, 1.807) is 12.3 Å². The molecule has 1 atom stereocenters. The van der Waals surface area contributed by atoms with Crippen molar-refractivity contribution in [1.29, 1.82) is 0 Å². The Balaban J connectivity index is 2.15. The van der Waals surface area contributed by atoms with E-state index < -0.39 is 5.97 Å². The fraction of sp³-hybridized carbons (Fsp3) is 0.250. The van der Waals surface area contributed by atoms with E-state index in [1.807, 2.05) is 18.2 Å². The number of carbonyl (C=O) groups excluding carboxylic acids is 1. The molecule has 1 unspecified atom stereocenters. The normalized spacial score (nSPS) is 16.7. The summed E-state index contributed by atoms with van der Waals surface area (Å²) in [7, 11) is 1.36. The van der Waals surface area contributed by atoms with Gasteiger partial charge in [-0.25, -0.2) is 9.78 Å². The third kappa shape index (κ3) is 2.20. The van der Waals surface area contributed by atoms with Gasteiger partial charge in [0.2, 0.25) is 0 Å². The zero-order chi connectivity index (χ0) is 15.0. The number of methoxy groups -OCH3 is 1. The zero-order valence-corrected chi connectivity index (χ0v) is 12.0. The van der Waals surface area contributed by atoms with Gasteiger partial charge in [-0.2, -0.15) is 0 Å². The van der Waals surface area contributed by atoms with Crippen molar-refractivity contribution in [1.82, 2.24) is 4.98 Å². The van der Waals surface area contributed by atoms with E-state index in [1.165, 1.54) is 12.7 Å². The molecule has 1 aromatic heterocycles. The van der Waals surface area contributed by atoms with Crippen LogP contribution >= 0.6 is 0 Å². The Bertz CT molecular complexity index is 700. The minimum atomic E-state index is -0.429. The summed E-state index contributed by atoms with van der Waals surface area (Å²) < 4.78 is 4.85. The number of fused-ring (bicyclic) bond motifs is 1. The van der Waals surface area contributed by atoms with Crippen LogP contribution in [0.5, 0.6) is 0 Å². The van der Waals surface area contributed by atoms with E-state index in [0.717, 1.165) is 12.1 Å². The van der Waals surface area contributed by atoms with Crippen molar-refractivity contribution >= 4 is 23.2 Å². The first-order valence-electron chi connectivity index (χ1n) is 6.82. The summed E-state index contributed by atoms with van der Waals surface area (Å²) in [5.74, 6) is 0.162. The molecule has 2 heterocycles. The predicted molar refractivity (Wildman–Crippen MR) is 81.7 cm³/mol. The van der Waals surface area contributed by atoms with Crippen molar-refractivity contribution in [3.05, 3.63) is 47.7 Å². The number of ether oxygens (including phenoxy) is 1. The lowest BCUT2D eigenvalue weighted by Crippen LogP contribution is -2.27. The van der Waals surface area contributed by atoms with Crippen LogP contribution in [0.15, 0.2) is 36.5 Å². The SMILES string of the molecule is COC(=O)c1cc(N)cnc1N1c2ccccc2CC1C. The Labute approximate surface area is 123 Å². The standard InChI is InChI=1S/C16H17N3O2/c1-10-7-11-5-3-4-6-14(11)19(10)15-13(16(20)21-2)8-12(17)9-18-15/h3-6,8-10H,7,17H2,1-2H3. The molecule has 108 valence electrons. The van der Waals surface area contributed by atoms with Crippen molar-refractivity contribution in [2.45, 2.75) is 19.4 Å². The lowest BCUT2D eigenvalue weighted by Gasteiger charge is -2.25. The number of pyridine rings is 1. The number of esters is 1. The van der Waals surface area contributed by atoms with E-state index in [0.29, 0.717) is 17.1 Å². The molecule has 0 saturated heterocycles. The minimum Gasteiger partial charge on any atom is -0.465 e. The second kappa shape index (κ2) is 5.09. The van der Waals surface area contributed by atoms with Crippen molar-refractivity contribution in [2.75, 3.05) is 17.7 Å². The Hall–Kier alpha value is -2.56. The van der Waals surface area contributed by atoms with Gasteiger partial charge in [0.25, 0.3) is 0 Å². The molecule has 0 saturated carbocycles. The van der Waals surface area contributed by atoms with Crippen molar-refractivity contribution < 1.29 is 9.53 Å².